The lowest BCUT2D eigenvalue weighted by Gasteiger charge is -1.95. The van der Waals surface area contributed by atoms with Crippen molar-refractivity contribution in [2.45, 2.75) is 10.9 Å². The zero-order valence-corrected chi connectivity index (χ0v) is 14.6. The summed E-state index contributed by atoms with van der Waals surface area (Å²) in [5.74, 6) is 1.47. The molecule has 0 aliphatic rings. The molecule has 0 spiro atoms. The fourth-order valence-electron chi connectivity index (χ4n) is 2.58. The summed E-state index contributed by atoms with van der Waals surface area (Å²) in [6, 6.07) is 18.1. The highest BCUT2D eigenvalue weighted by Gasteiger charge is 2.14. The SMILES string of the molecule is c1ccc(-c2nn3c(CSc4nc5ccccc5[nH]4)nnc3s2)cc1. The van der Waals surface area contributed by atoms with Gasteiger partial charge in [-0.25, -0.2) is 4.98 Å². The Morgan fingerprint density at radius 1 is 1.00 bits per heavy atom. The van der Waals surface area contributed by atoms with E-state index in [4.69, 9.17) is 0 Å². The number of para-hydroxylation sites is 2. The van der Waals surface area contributed by atoms with E-state index in [1.165, 1.54) is 0 Å². The largest absolute Gasteiger partial charge is 0.333 e. The second-order valence-electron chi connectivity index (χ2n) is 5.43. The molecular weight excluding hydrogens is 352 g/mol. The van der Waals surface area contributed by atoms with Crippen LogP contribution in [-0.2, 0) is 5.75 Å². The fourth-order valence-corrected chi connectivity index (χ4v) is 4.23. The number of hydrogen-bond acceptors (Lipinski definition) is 6. The molecule has 0 unspecified atom stereocenters. The highest BCUT2D eigenvalue weighted by atomic mass is 32.2. The van der Waals surface area contributed by atoms with Crippen LogP contribution in [0.2, 0.25) is 0 Å². The predicted octanol–water partition coefficient (Wildman–Crippen LogP) is 4.02. The van der Waals surface area contributed by atoms with Crippen LogP contribution < -0.4 is 0 Å². The first-order chi connectivity index (χ1) is 12.4. The highest BCUT2D eigenvalue weighted by Crippen LogP contribution is 2.27. The average Bonchev–Trinajstić information content (AvgIpc) is 3.34. The van der Waals surface area contributed by atoms with E-state index in [1.54, 1.807) is 23.1 Å². The lowest BCUT2D eigenvalue weighted by Crippen LogP contribution is -1.94. The van der Waals surface area contributed by atoms with Crippen molar-refractivity contribution in [1.29, 1.82) is 0 Å². The first kappa shape index (κ1) is 14.6. The Hall–Kier alpha value is -2.71. The molecule has 0 amide bonds. The lowest BCUT2D eigenvalue weighted by molar-refractivity contribution is 0.885. The van der Waals surface area contributed by atoms with Gasteiger partial charge in [-0.05, 0) is 12.1 Å². The number of aromatic amines is 1. The minimum absolute atomic E-state index is 0.652. The number of nitrogens with one attached hydrogen (secondary N) is 1. The third-order valence-electron chi connectivity index (χ3n) is 3.78. The van der Waals surface area contributed by atoms with E-state index in [0.717, 1.165) is 37.5 Å². The van der Waals surface area contributed by atoms with Gasteiger partial charge in [-0.3, -0.25) is 0 Å². The molecule has 0 bridgehead atoms. The Morgan fingerprint density at radius 3 is 2.72 bits per heavy atom. The number of aromatic nitrogens is 6. The van der Waals surface area contributed by atoms with E-state index in [2.05, 4.69) is 37.4 Å². The summed E-state index contributed by atoms with van der Waals surface area (Å²) < 4.78 is 1.82. The van der Waals surface area contributed by atoms with E-state index in [-0.39, 0.29) is 0 Å². The molecule has 0 saturated heterocycles. The van der Waals surface area contributed by atoms with Crippen LogP contribution in [0.1, 0.15) is 5.82 Å². The van der Waals surface area contributed by atoms with Crippen LogP contribution in [0.5, 0.6) is 0 Å². The molecule has 0 saturated carbocycles. The van der Waals surface area contributed by atoms with Gasteiger partial charge in [-0.1, -0.05) is 65.6 Å². The summed E-state index contributed by atoms with van der Waals surface area (Å²) in [5.41, 5.74) is 3.10. The summed E-state index contributed by atoms with van der Waals surface area (Å²) >= 11 is 3.14. The number of nitrogens with zero attached hydrogens (tertiary/aromatic N) is 5. The smallest absolute Gasteiger partial charge is 0.235 e. The Labute approximate surface area is 150 Å². The number of fused-ring (bicyclic) bond motifs is 2. The summed E-state index contributed by atoms with van der Waals surface area (Å²) in [6.45, 7) is 0. The van der Waals surface area contributed by atoms with Gasteiger partial charge in [0.25, 0.3) is 0 Å². The minimum atomic E-state index is 0.652. The third kappa shape index (κ3) is 2.69. The van der Waals surface area contributed by atoms with E-state index in [1.807, 2.05) is 47.0 Å². The van der Waals surface area contributed by atoms with Gasteiger partial charge < -0.3 is 4.98 Å². The number of thioether (sulfide) groups is 1. The Balaban J connectivity index is 1.42. The molecule has 5 aromatic rings. The van der Waals surface area contributed by atoms with Crippen LogP contribution in [0.15, 0.2) is 59.8 Å². The molecule has 2 aromatic carbocycles. The van der Waals surface area contributed by atoms with Crippen LogP contribution in [0.4, 0.5) is 0 Å². The zero-order chi connectivity index (χ0) is 16.6. The van der Waals surface area contributed by atoms with E-state index < -0.39 is 0 Å². The topological polar surface area (TPSA) is 71.8 Å². The van der Waals surface area contributed by atoms with Crippen molar-refractivity contribution >= 4 is 39.1 Å². The molecule has 5 rings (SSSR count). The maximum atomic E-state index is 4.66. The van der Waals surface area contributed by atoms with Gasteiger partial charge in [0.1, 0.15) is 5.01 Å². The van der Waals surface area contributed by atoms with Gasteiger partial charge in [0, 0.05) is 5.56 Å². The second kappa shape index (κ2) is 5.98. The fraction of sp³-hybridized carbons (Fsp3) is 0.0588. The van der Waals surface area contributed by atoms with Crippen LogP contribution >= 0.6 is 23.1 Å². The van der Waals surface area contributed by atoms with Gasteiger partial charge in [-0.15, -0.1) is 10.2 Å². The molecular formula is C17H12N6S2. The van der Waals surface area contributed by atoms with E-state index >= 15 is 0 Å². The zero-order valence-electron chi connectivity index (χ0n) is 13.0. The number of rotatable bonds is 4. The highest BCUT2D eigenvalue weighted by molar-refractivity contribution is 7.98. The molecule has 25 heavy (non-hydrogen) atoms. The number of benzene rings is 2. The van der Waals surface area contributed by atoms with Crippen molar-refractivity contribution in [2.75, 3.05) is 0 Å². The summed E-state index contributed by atoms with van der Waals surface area (Å²) in [5, 5.41) is 15.0. The van der Waals surface area contributed by atoms with Gasteiger partial charge in [0.2, 0.25) is 4.96 Å². The Morgan fingerprint density at radius 2 is 1.84 bits per heavy atom. The van der Waals surface area contributed by atoms with Crippen LogP contribution in [-0.4, -0.2) is 29.8 Å². The molecule has 0 atom stereocenters. The second-order valence-corrected chi connectivity index (χ2v) is 7.35. The van der Waals surface area contributed by atoms with Crippen LogP contribution in [0.3, 0.4) is 0 Å². The van der Waals surface area contributed by atoms with Crippen molar-refractivity contribution < 1.29 is 0 Å². The predicted molar refractivity (Wildman–Crippen MR) is 99.7 cm³/mol. The third-order valence-corrected chi connectivity index (χ3v) is 5.60. The van der Waals surface area contributed by atoms with Crippen LogP contribution in [0.25, 0.3) is 26.6 Å². The van der Waals surface area contributed by atoms with Gasteiger partial charge in [0.05, 0.1) is 16.8 Å². The van der Waals surface area contributed by atoms with Crippen LogP contribution in [0, 0.1) is 0 Å². The number of H-pyrrole nitrogens is 1. The Kier molecular flexibility index (Phi) is 3.50. The molecule has 8 heteroatoms. The molecule has 122 valence electrons. The summed E-state index contributed by atoms with van der Waals surface area (Å²) in [4.78, 5) is 8.70. The van der Waals surface area contributed by atoms with Crippen molar-refractivity contribution in [3.05, 3.63) is 60.4 Å². The van der Waals surface area contributed by atoms with Crippen molar-refractivity contribution in [2.24, 2.45) is 0 Å². The van der Waals surface area contributed by atoms with Crippen molar-refractivity contribution in [3.8, 4) is 10.6 Å². The van der Waals surface area contributed by atoms with Crippen molar-refractivity contribution in [1.82, 2.24) is 29.8 Å². The van der Waals surface area contributed by atoms with E-state index in [9.17, 15) is 0 Å². The quantitative estimate of drug-likeness (QED) is 0.488. The molecule has 0 aliphatic heterocycles. The molecule has 3 aromatic heterocycles. The van der Waals surface area contributed by atoms with Crippen molar-refractivity contribution in [3.63, 3.8) is 0 Å². The lowest BCUT2D eigenvalue weighted by atomic mass is 10.2. The first-order valence-electron chi connectivity index (χ1n) is 7.71. The first-order valence-corrected chi connectivity index (χ1v) is 9.51. The normalized spacial score (nSPS) is 11.5. The monoisotopic (exact) mass is 364 g/mol. The van der Waals surface area contributed by atoms with Gasteiger partial charge >= 0.3 is 0 Å². The molecule has 1 N–H and O–H groups in total. The molecule has 0 aliphatic carbocycles. The average molecular weight is 364 g/mol. The molecule has 6 nitrogen and oxygen atoms in total. The minimum Gasteiger partial charge on any atom is -0.333 e. The number of hydrogen-bond donors (Lipinski definition) is 1. The van der Waals surface area contributed by atoms with Gasteiger partial charge in [0.15, 0.2) is 11.0 Å². The Bertz CT molecular complexity index is 1120. The maximum Gasteiger partial charge on any atom is 0.235 e. The summed E-state index contributed by atoms with van der Waals surface area (Å²) in [6.07, 6.45) is 0. The molecule has 3 heterocycles. The number of imidazole rings is 1. The van der Waals surface area contributed by atoms with E-state index in [0.29, 0.717) is 5.75 Å². The summed E-state index contributed by atoms with van der Waals surface area (Å²) in [7, 11) is 0. The standard InChI is InChI=1S/C17H12N6S2/c1-2-6-11(7-3-1)15-22-23-14(20-21-17(23)25-15)10-24-16-18-12-8-4-5-9-13(12)19-16/h1-9H,10H2,(H,18,19). The van der Waals surface area contributed by atoms with Gasteiger partial charge in [-0.2, -0.15) is 9.61 Å². The molecule has 0 radical (unpaired) electrons. The maximum absolute atomic E-state index is 4.66. The molecule has 0 fully saturated rings.